The number of anilines is 2. The Balaban J connectivity index is 1.51. The summed E-state index contributed by atoms with van der Waals surface area (Å²) in [4.78, 5) is 43.7. The molecule has 2 N–H and O–H groups in total. The van der Waals surface area contributed by atoms with Gasteiger partial charge in [-0.05, 0) is 38.2 Å². The van der Waals surface area contributed by atoms with Crippen molar-refractivity contribution in [2.45, 2.75) is 46.0 Å². The van der Waals surface area contributed by atoms with Crippen molar-refractivity contribution in [3.05, 3.63) is 52.5 Å². The molecule has 3 aromatic rings. The van der Waals surface area contributed by atoms with Gasteiger partial charge in [0.05, 0.1) is 30.1 Å². The van der Waals surface area contributed by atoms with E-state index in [0.717, 1.165) is 23.5 Å². The van der Waals surface area contributed by atoms with Crippen molar-refractivity contribution in [2.24, 2.45) is 0 Å². The van der Waals surface area contributed by atoms with Crippen LogP contribution in [0.4, 0.5) is 28.5 Å². The predicted molar refractivity (Wildman–Crippen MR) is 155 cm³/mol. The molecule has 1 aliphatic rings. The number of rotatable bonds is 11. The molecule has 3 heterocycles. The van der Waals surface area contributed by atoms with Gasteiger partial charge in [-0.15, -0.1) is 0 Å². The fourth-order valence-electron chi connectivity index (χ4n) is 4.82. The molecule has 0 bridgehead atoms. The fraction of sp³-hybridized carbons (Fsp3) is 0.464. The molecule has 232 valence electrons. The van der Waals surface area contributed by atoms with Crippen LogP contribution in [-0.2, 0) is 17.5 Å². The fourth-order valence-corrected chi connectivity index (χ4v) is 5.84. The number of carboxylic acid groups (broad SMARTS) is 1. The van der Waals surface area contributed by atoms with Gasteiger partial charge < -0.3 is 10.0 Å². The lowest BCUT2D eigenvalue weighted by Crippen LogP contribution is -2.52. The van der Waals surface area contributed by atoms with Crippen LogP contribution in [0.15, 0.2) is 30.6 Å². The molecule has 1 amide bonds. The van der Waals surface area contributed by atoms with E-state index in [9.17, 15) is 27.2 Å². The third-order valence-electron chi connectivity index (χ3n) is 7.25. The molecule has 10 nitrogen and oxygen atoms in total. The SMILES string of the molecule is CCN(CC)Cc1sc(NC(=O)c2cnc(N3CCN(CCC(=O)O)C(C)C3)cn2)nc1-c1cc(F)cc(C(F)(F)F)c1. The van der Waals surface area contributed by atoms with Gasteiger partial charge in [0.2, 0.25) is 0 Å². The van der Waals surface area contributed by atoms with Crippen molar-refractivity contribution in [3.63, 3.8) is 0 Å². The summed E-state index contributed by atoms with van der Waals surface area (Å²) in [5.41, 5.74) is -0.978. The van der Waals surface area contributed by atoms with E-state index in [1.807, 2.05) is 30.6 Å². The van der Waals surface area contributed by atoms with Crippen LogP contribution < -0.4 is 10.2 Å². The second-order valence-corrected chi connectivity index (χ2v) is 11.3. The van der Waals surface area contributed by atoms with E-state index < -0.39 is 29.4 Å². The number of alkyl halides is 3. The standard InChI is InChI=1S/C28H33F4N7O3S/c1-4-37(5-2)16-22-25(18-10-19(28(30,31)32)12-20(29)11-18)35-27(43-22)36-26(42)21-13-34-23(14-33-21)39-9-8-38(17(3)15-39)7-6-24(40)41/h10-14,17H,4-9,15-16H2,1-3H3,(H,40,41)(H,35,36,42). The highest BCUT2D eigenvalue weighted by atomic mass is 32.1. The molecule has 1 aliphatic heterocycles. The average Bonchev–Trinajstić information content (AvgIpc) is 3.36. The second kappa shape index (κ2) is 13.7. The number of nitrogens with zero attached hydrogens (tertiary/aromatic N) is 6. The molecule has 0 radical (unpaired) electrons. The summed E-state index contributed by atoms with van der Waals surface area (Å²) in [6.45, 7) is 9.96. The number of nitrogens with one attached hydrogen (secondary N) is 1. The molecule has 15 heteroatoms. The average molecular weight is 624 g/mol. The van der Waals surface area contributed by atoms with E-state index in [0.29, 0.717) is 62.6 Å². The molecular formula is C28H33F4N7O3S. The summed E-state index contributed by atoms with van der Waals surface area (Å²) in [5, 5.41) is 11.7. The van der Waals surface area contributed by atoms with Crippen molar-refractivity contribution in [1.82, 2.24) is 24.8 Å². The van der Waals surface area contributed by atoms with Gasteiger partial charge in [0.1, 0.15) is 17.3 Å². The Labute approximate surface area is 250 Å². The van der Waals surface area contributed by atoms with Crippen LogP contribution >= 0.6 is 11.3 Å². The largest absolute Gasteiger partial charge is 0.481 e. The third kappa shape index (κ3) is 8.24. The first kappa shape index (κ1) is 32.2. The maximum absolute atomic E-state index is 14.2. The van der Waals surface area contributed by atoms with Gasteiger partial charge in [0.15, 0.2) is 5.13 Å². The first-order chi connectivity index (χ1) is 20.4. The highest BCUT2D eigenvalue weighted by molar-refractivity contribution is 7.16. The highest BCUT2D eigenvalue weighted by Crippen LogP contribution is 2.37. The zero-order valence-corrected chi connectivity index (χ0v) is 24.8. The number of carboxylic acids is 1. The first-order valence-electron chi connectivity index (χ1n) is 13.8. The molecule has 1 atom stereocenters. The number of hydrogen-bond acceptors (Lipinski definition) is 9. The summed E-state index contributed by atoms with van der Waals surface area (Å²) in [5.74, 6) is -1.90. The molecule has 1 unspecified atom stereocenters. The Kier molecular flexibility index (Phi) is 10.3. The molecule has 43 heavy (non-hydrogen) atoms. The molecular weight excluding hydrogens is 590 g/mol. The number of aliphatic carboxylic acids is 1. The van der Waals surface area contributed by atoms with Gasteiger partial charge in [0.25, 0.3) is 5.91 Å². The Morgan fingerprint density at radius 2 is 1.88 bits per heavy atom. The quantitative estimate of drug-likeness (QED) is 0.290. The predicted octanol–water partition coefficient (Wildman–Crippen LogP) is 4.84. The van der Waals surface area contributed by atoms with Crippen molar-refractivity contribution in [2.75, 3.05) is 49.5 Å². The lowest BCUT2D eigenvalue weighted by Gasteiger charge is -2.40. The molecule has 1 fully saturated rings. The number of carbonyl (C=O) groups is 2. The smallest absolute Gasteiger partial charge is 0.416 e. The normalized spacial score (nSPS) is 16.1. The molecule has 0 spiro atoms. The van der Waals surface area contributed by atoms with E-state index in [4.69, 9.17) is 5.11 Å². The van der Waals surface area contributed by atoms with Crippen molar-refractivity contribution < 1.29 is 32.3 Å². The Hall–Kier alpha value is -3.69. The summed E-state index contributed by atoms with van der Waals surface area (Å²) in [6.07, 6.45) is -1.85. The van der Waals surface area contributed by atoms with Crippen LogP contribution in [0.1, 0.15) is 48.1 Å². The van der Waals surface area contributed by atoms with Crippen molar-refractivity contribution in [1.29, 1.82) is 0 Å². The van der Waals surface area contributed by atoms with Gasteiger partial charge in [-0.2, -0.15) is 13.2 Å². The minimum atomic E-state index is -4.74. The van der Waals surface area contributed by atoms with Crippen molar-refractivity contribution in [3.8, 4) is 11.3 Å². The number of amides is 1. The van der Waals surface area contributed by atoms with Gasteiger partial charge in [0, 0.05) is 49.2 Å². The molecule has 4 rings (SSSR count). The first-order valence-corrected chi connectivity index (χ1v) is 14.6. The number of carbonyl (C=O) groups excluding carboxylic acids is 1. The maximum Gasteiger partial charge on any atom is 0.416 e. The van der Waals surface area contributed by atoms with Gasteiger partial charge >= 0.3 is 12.1 Å². The van der Waals surface area contributed by atoms with E-state index in [2.05, 4.69) is 25.2 Å². The summed E-state index contributed by atoms with van der Waals surface area (Å²) in [6, 6.07) is 2.39. The van der Waals surface area contributed by atoms with Gasteiger partial charge in [-0.25, -0.2) is 19.3 Å². The van der Waals surface area contributed by atoms with Crippen LogP contribution in [-0.4, -0.2) is 87.0 Å². The van der Waals surface area contributed by atoms with E-state index in [-0.39, 0.29) is 34.5 Å². The molecule has 0 aliphatic carbocycles. The topological polar surface area (TPSA) is 115 Å². The minimum Gasteiger partial charge on any atom is -0.481 e. The number of piperazine rings is 1. The van der Waals surface area contributed by atoms with Crippen LogP contribution in [0, 0.1) is 5.82 Å². The summed E-state index contributed by atoms with van der Waals surface area (Å²) in [7, 11) is 0. The molecule has 2 aromatic heterocycles. The van der Waals surface area contributed by atoms with E-state index in [1.54, 1.807) is 0 Å². The number of aromatic nitrogens is 3. The van der Waals surface area contributed by atoms with E-state index >= 15 is 0 Å². The van der Waals surface area contributed by atoms with Gasteiger partial charge in [-0.3, -0.25) is 24.7 Å². The zero-order valence-electron chi connectivity index (χ0n) is 24.0. The summed E-state index contributed by atoms with van der Waals surface area (Å²) < 4.78 is 54.4. The second-order valence-electron chi connectivity index (χ2n) is 10.2. The van der Waals surface area contributed by atoms with Crippen LogP contribution in [0.5, 0.6) is 0 Å². The molecule has 1 saturated heterocycles. The lowest BCUT2D eigenvalue weighted by atomic mass is 10.1. The number of hydrogen-bond donors (Lipinski definition) is 2. The number of halogens is 4. The molecule has 1 aromatic carbocycles. The molecule has 0 saturated carbocycles. The van der Waals surface area contributed by atoms with Crippen LogP contribution in [0.2, 0.25) is 0 Å². The van der Waals surface area contributed by atoms with Crippen molar-refractivity contribution >= 4 is 34.2 Å². The maximum atomic E-state index is 14.2. The Morgan fingerprint density at radius 1 is 1.14 bits per heavy atom. The van der Waals surface area contributed by atoms with Crippen LogP contribution in [0.25, 0.3) is 11.3 Å². The summed E-state index contributed by atoms with van der Waals surface area (Å²) >= 11 is 1.10. The van der Waals surface area contributed by atoms with E-state index in [1.165, 1.54) is 12.4 Å². The van der Waals surface area contributed by atoms with Gasteiger partial charge in [-0.1, -0.05) is 25.2 Å². The monoisotopic (exact) mass is 623 g/mol. The van der Waals surface area contributed by atoms with Crippen LogP contribution in [0.3, 0.4) is 0 Å². The zero-order chi connectivity index (χ0) is 31.3. The Bertz CT molecular complexity index is 1430. The number of thiazole rings is 1. The Morgan fingerprint density at radius 3 is 2.49 bits per heavy atom. The minimum absolute atomic E-state index is 0.0176. The number of benzene rings is 1. The third-order valence-corrected chi connectivity index (χ3v) is 8.21. The lowest BCUT2D eigenvalue weighted by molar-refractivity contribution is -0.138. The highest BCUT2D eigenvalue weighted by Gasteiger charge is 2.32.